The Balaban J connectivity index is 1.66. The molecule has 1 saturated carbocycles. The average Bonchev–Trinajstić information content (AvgIpc) is 2.52. The summed E-state index contributed by atoms with van der Waals surface area (Å²) in [5.41, 5.74) is -0.408. The van der Waals surface area contributed by atoms with Crippen LogP contribution in [0.15, 0.2) is 0 Å². The number of rotatable bonds is 4. The van der Waals surface area contributed by atoms with Crippen molar-refractivity contribution in [3.8, 4) is 0 Å². The molecule has 0 aromatic heterocycles. The van der Waals surface area contributed by atoms with Gasteiger partial charge in [-0.15, -0.1) is 0 Å². The summed E-state index contributed by atoms with van der Waals surface area (Å²) in [6.07, 6.45) is 7.23. The zero-order valence-corrected chi connectivity index (χ0v) is 15.3. The molecule has 0 spiro atoms. The van der Waals surface area contributed by atoms with Gasteiger partial charge in [0.1, 0.15) is 5.60 Å². The average molecular weight is 326 g/mol. The maximum atomic E-state index is 12.1. The standard InChI is InChI=1S/C18H34N2O3/c1-18(2,3)23-17(21)20-10-8-14(9-11-20)13-19-15-6-5-7-16(12-15)22-4/h14-16,19H,5-13H2,1-4H3. The number of hydrogen-bond acceptors (Lipinski definition) is 4. The summed E-state index contributed by atoms with van der Waals surface area (Å²) in [7, 11) is 1.82. The molecule has 2 atom stereocenters. The summed E-state index contributed by atoms with van der Waals surface area (Å²) in [5.74, 6) is 0.664. The van der Waals surface area contributed by atoms with Crippen LogP contribution in [-0.2, 0) is 9.47 Å². The van der Waals surface area contributed by atoms with Crippen LogP contribution in [0.5, 0.6) is 0 Å². The zero-order chi connectivity index (χ0) is 16.9. The molecule has 23 heavy (non-hydrogen) atoms. The number of ether oxygens (including phenoxy) is 2. The smallest absolute Gasteiger partial charge is 0.410 e. The fourth-order valence-electron chi connectivity index (χ4n) is 3.52. The highest BCUT2D eigenvalue weighted by molar-refractivity contribution is 5.68. The van der Waals surface area contributed by atoms with Crippen LogP contribution in [0.2, 0.25) is 0 Å². The predicted octanol–water partition coefficient (Wildman–Crippen LogP) is 3.18. The third kappa shape index (κ3) is 6.30. The van der Waals surface area contributed by atoms with E-state index in [4.69, 9.17) is 9.47 Å². The molecular weight excluding hydrogens is 292 g/mol. The fourth-order valence-corrected chi connectivity index (χ4v) is 3.52. The van der Waals surface area contributed by atoms with Gasteiger partial charge in [-0.3, -0.25) is 0 Å². The first-order valence-corrected chi connectivity index (χ1v) is 9.11. The number of carbonyl (C=O) groups excluding carboxylic acids is 1. The van der Waals surface area contributed by atoms with Crippen LogP contribution >= 0.6 is 0 Å². The molecule has 2 unspecified atom stereocenters. The van der Waals surface area contributed by atoms with Gasteiger partial charge in [0.15, 0.2) is 0 Å². The Bertz CT molecular complexity index is 373. The number of carbonyl (C=O) groups is 1. The summed E-state index contributed by atoms with van der Waals surface area (Å²) in [4.78, 5) is 13.9. The second-order valence-electron chi connectivity index (χ2n) is 8.04. The third-order valence-electron chi connectivity index (χ3n) is 4.92. The Morgan fingerprint density at radius 1 is 1.17 bits per heavy atom. The second-order valence-corrected chi connectivity index (χ2v) is 8.04. The van der Waals surface area contributed by atoms with E-state index in [0.717, 1.165) is 38.9 Å². The van der Waals surface area contributed by atoms with E-state index in [9.17, 15) is 4.79 Å². The number of likely N-dealkylation sites (tertiary alicyclic amines) is 1. The molecule has 134 valence electrons. The van der Waals surface area contributed by atoms with Gasteiger partial charge in [-0.05, 0) is 71.8 Å². The molecule has 1 N–H and O–H groups in total. The van der Waals surface area contributed by atoms with Crippen molar-refractivity contribution in [3.63, 3.8) is 0 Å². The van der Waals surface area contributed by atoms with E-state index >= 15 is 0 Å². The van der Waals surface area contributed by atoms with Crippen molar-refractivity contribution < 1.29 is 14.3 Å². The minimum absolute atomic E-state index is 0.167. The van der Waals surface area contributed by atoms with Crippen LogP contribution in [0.3, 0.4) is 0 Å². The first kappa shape index (κ1) is 18.5. The minimum atomic E-state index is -0.408. The lowest BCUT2D eigenvalue weighted by atomic mass is 9.91. The van der Waals surface area contributed by atoms with Crippen LogP contribution in [0.1, 0.15) is 59.3 Å². The van der Waals surface area contributed by atoms with Crippen molar-refractivity contribution in [2.45, 2.75) is 77.0 Å². The van der Waals surface area contributed by atoms with Gasteiger partial charge in [-0.2, -0.15) is 0 Å². The van der Waals surface area contributed by atoms with Gasteiger partial charge < -0.3 is 19.7 Å². The molecular formula is C18H34N2O3. The molecule has 0 aromatic carbocycles. The lowest BCUT2D eigenvalue weighted by Crippen LogP contribution is -2.45. The Kier molecular flexibility index (Phi) is 6.72. The fraction of sp³-hybridized carbons (Fsp3) is 0.944. The molecule has 0 bridgehead atoms. The van der Waals surface area contributed by atoms with E-state index in [-0.39, 0.29) is 6.09 Å². The van der Waals surface area contributed by atoms with Crippen molar-refractivity contribution in [2.75, 3.05) is 26.7 Å². The minimum Gasteiger partial charge on any atom is -0.444 e. The Morgan fingerprint density at radius 2 is 1.87 bits per heavy atom. The largest absolute Gasteiger partial charge is 0.444 e. The molecule has 1 aliphatic carbocycles. The molecule has 5 heteroatoms. The van der Waals surface area contributed by atoms with Crippen LogP contribution < -0.4 is 5.32 Å². The molecule has 0 aromatic rings. The summed E-state index contributed by atoms with van der Waals surface area (Å²) in [6, 6.07) is 0.595. The first-order valence-electron chi connectivity index (χ1n) is 9.11. The number of piperidine rings is 1. The highest BCUT2D eigenvalue weighted by Gasteiger charge is 2.28. The quantitative estimate of drug-likeness (QED) is 0.862. The van der Waals surface area contributed by atoms with E-state index in [1.54, 1.807) is 0 Å². The van der Waals surface area contributed by atoms with Crippen LogP contribution in [-0.4, -0.2) is 55.5 Å². The van der Waals surface area contributed by atoms with E-state index in [0.29, 0.717) is 18.1 Å². The van der Waals surface area contributed by atoms with Crippen molar-refractivity contribution in [1.29, 1.82) is 0 Å². The highest BCUT2D eigenvalue weighted by atomic mass is 16.6. The van der Waals surface area contributed by atoms with Crippen LogP contribution in [0.25, 0.3) is 0 Å². The molecule has 2 aliphatic rings. The third-order valence-corrected chi connectivity index (χ3v) is 4.92. The highest BCUT2D eigenvalue weighted by Crippen LogP contribution is 2.23. The predicted molar refractivity (Wildman–Crippen MR) is 91.6 cm³/mol. The van der Waals surface area contributed by atoms with Gasteiger partial charge in [0.25, 0.3) is 0 Å². The number of nitrogens with one attached hydrogen (secondary N) is 1. The maximum Gasteiger partial charge on any atom is 0.410 e. The van der Waals surface area contributed by atoms with E-state index in [1.807, 2.05) is 32.8 Å². The summed E-state index contributed by atoms with van der Waals surface area (Å²) in [6.45, 7) is 8.43. The molecule has 2 rings (SSSR count). The number of amides is 1. The van der Waals surface area contributed by atoms with Crippen LogP contribution in [0, 0.1) is 5.92 Å². The SMILES string of the molecule is COC1CCCC(NCC2CCN(C(=O)OC(C)(C)C)CC2)C1. The summed E-state index contributed by atoms with van der Waals surface area (Å²) in [5, 5.41) is 3.72. The topological polar surface area (TPSA) is 50.8 Å². The van der Waals surface area contributed by atoms with Crippen molar-refractivity contribution in [1.82, 2.24) is 10.2 Å². The molecule has 0 radical (unpaired) electrons. The van der Waals surface area contributed by atoms with Crippen molar-refractivity contribution in [2.24, 2.45) is 5.92 Å². The lowest BCUT2D eigenvalue weighted by molar-refractivity contribution is 0.0179. The van der Waals surface area contributed by atoms with E-state index < -0.39 is 5.60 Å². The number of hydrogen-bond donors (Lipinski definition) is 1. The van der Waals surface area contributed by atoms with Gasteiger partial charge in [0, 0.05) is 26.2 Å². The molecule has 1 heterocycles. The lowest BCUT2D eigenvalue weighted by Gasteiger charge is -2.35. The molecule has 1 amide bonds. The number of methoxy groups -OCH3 is 1. The Labute approximate surface area is 141 Å². The second kappa shape index (κ2) is 8.34. The molecule has 1 aliphatic heterocycles. The van der Waals surface area contributed by atoms with Gasteiger partial charge >= 0.3 is 6.09 Å². The summed E-state index contributed by atoms with van der Waals surface area (Å²) >= 11 is 0. The van der Waals surface area contributed by atoms with Gasteiger partial charge in [-0.1, -0.05) is 0 Å². The normalized spacial score (nSPS) is 27.0. The van der Waals surface area contributed by atoms with Crippen LogP contribution in [0.4, 0.5) is 4.79 Å². The van der Waals surface area contributed by atoms with Crippen molar-refractivity contribution >= 4 is 6.09 Å². The first-order chi connectivity index (χ1) is 10.9. The molecule has 5 nitrogen and oxygen atoms in total. The van der Waals surface area contributed by atoms with E-state index in [1.165, 1.54) is 19.3 Å². The maximum absolute atomic E-state index is 12.1. The molecule has 2 fully saturated rings. The van der Waals surface area contributed by atoms with Gasteiger partial charge in [0.2, 0.25) is 0 Å². The molecule has 1 saturated heterocycles. The van der Waals surface area contributed by atoms with Gasteiger partial charge in [-0.25, -0.2) is 4.79 Å². The zero-order valence-electron chi connectivity index (χ0n) is 15.3. The van der Waals surface area contributed by atoms with Crippen molar-refractivity contribution in [3.05, 3.63) is 0 Å². The Hall–Kier alpha value is -0.810. The van der Waals surface area contributed by atoms with Gasteiger partial charge in [0.05, 0.1) is 6.10 Å². The monoisotopic (exact) mass is 326 g/mol. The Morgan fingerprint density at radius 3 is 2.48 bits per heavy atom. The number of nitrogens with zero attached hydrogens (tertiary/aromatic N) is 1. The van der Waals surface area contributed by atoms with E-state index in [2.05, 4.69) is 5.32 Å². The summed E-state index contributed by atoms with van der Waals surface area (Å²) < 4.78 is 10.9.